The van der Waals surface area contributed by atoms with Gasteiger partial charge in [0.1, 0.15) is 0 Å². The van der Waals surface area contributed by atoms with Gasteiger partial charge in [0.05, 0.1) is 5.92 Å². The number of hydrogen-bond donors (Lipinski definition) is 1. The number of ether oxygens (including phenoxy) is 1. The van der Waals surface area contributed by atoms with Crippen LogP contribution in [0.2, 0.25) is 0 Å². The van der Waals surface area contributed by atoms with E-state index in [4.69, 9.17) is 4.74 Å². The summed E-state index contributed by atoms with van der Waals surface area (Å²) in [6.45, 7) is -0.154. The molecular weight excluding hydrogens is 358 g/mol. The molecule has 1 N–H and O–H groups in total. The van der Waals surface area contributed by atoms with Crippen LogP contribution >= 0.6 is 15.9 Å². The Kier molecular flexibility index (Phi) is 5.36. The lowest BCUT2D eigenvalue weighted by molar-refractivity contribution is -0.150. The molecule has 124 valence electrons. The standard InChI is InChI=1S/C18H22BrNO3/c19-13-8-6-12(7-9-13)15-10-16(15)18(22)23-11-17(21)20-14-4-2-1-3-5-14/h6-9,14-16H,1-5,10-11H2,(H,20,21). The largest absolute Gasteiger partial charge is 0.455 e. The Morgan fingerprint density at radius 2 is 1.83 bits per heavy atom. The summed E-state index contributed by atoms with van der Waals surface area (Å²) in [6.07, 6.45) is 6.47. The van der Waals surface area contributed by atoms with Crippen LogP contribution in [-0.4, -0.2) is 24.5 Å². The number of esters is 1. The van der Waals surface area contributed by atoms with Crippen molar-refractivity contribution in [2.75, 3.05) is 6.61 Å². The third kappa shape index (κ3) is 4.56. The molecule has 0 saturated heterocycles. The average Bonchev–Trinajstić information content (AvgIpc) is 3.35. The Labute approximate surface area is 145 Å². The minimum atomic E-state index is -0.253. The normalized spacial score (nSPS) is 24.0. The molecule has 0 radical (unpaired) electrons. The van der Waals surface area contributed by atoms with E-state index in [0.717, 1.165) is 29.3 Å². The number of hydrogen-bond acceptors (Lipinski definition) is 3. The summed E-state index contributed by atoms with van der Waals surface area (Å²) in [5.74, 6) is -0.293. The molecule has 0 aromatic heterocycles. The van der Waals surface area contributed by atoms with Gasteiger partial charge in [-0.05, 0) is 42.9 Å². The molecule has 1 aromatic rings. The van der Waals surface area contributed by atoms with Gasteiger partial charge in [0.25, 0.3) is 5.91 Å². The van der Waals surface area contributed by atoms with Crippen molar-refractivity contribution in [3.05, 3.63) is 34.3 Å². The molecule has 2 unspecified atom stereocenters. The second-order valence-electron chi connectivity index (χ2n) is 6.51. The lowest BCUT2D eigenvalue weighted by Crippen LogP contribution is -2.38. The van der Waals surface area contributed by atoms with Crippen molar-refractivity contribution in [1.82, 2.24) is 5.32 Å². The Bertz CT molecular complexity index is 566. The van der Waals surface area contributed by atoms with E-state index in [1.54, 1.807) is 0 Å². The Hall–Kier alpha value is -1.36. The molecule has 23 heavy (non-hydrogen) atoms. The van der Waals surface area contributed by atoms with E-state index in [0.29, 0.717) is 0 Å². The van der Waals surface area contributed by atoms with E-state index >= 15 is 0 Å². The van der Waals surface area contributed by atoms with E-state index in [1.807, 2.05) is 24.3 Å². The zero-order chi connectivity index (χ0) is 16.2. The monoisotopic (exact) mass is 379 g/mol. The number of halogens is 1. The molecule has 0 aliphatic heterocycles. The highest BCUT2D eigenvalue weighted by Crippen LogP contribution is 2.48. The highest BCUT2D eigenvalue weighted by Gasteiger charge is 2.45. The van der Waals surface area contributed by atoms with Crippen molar-refractivity contribution >= 4 is 27.8 Å². The fourth-order valence-electron chi connectivity index (χ4n) is 3.29. The van der Waals surface area contributed by atoms with Crippen molar-refractivity contribution in [3.63, 3.8) is 0 Å². The molecule has 1 amide bonds. The smallest absolute Gasteiger partial charge is 0.310 e. The van der Waals surface area contributed by atoms with Crippen molar-refractivity contribution in [2.24, 2.45) is 5.92 Å². The SMILES string of the molecule is O=C(COC(=O)C1CC1c1ccc(Br)cc1)NC1CCCCC1. The van der Waals surface area contributed by atoms with E-state index in [2.05, 4.69) is 21.2 Å². The van der Waals surface area contributed by atoms with E-state index in [1.165, 1.54) is 19.3 Å². The molecule has 5 heteroatoms. The van der Waals surface area contributed by atoms with Crippen LogP contribution in [-0.2, 0) is 14.3 Å². The van der Waals surface area contributed by atoms with Gasteiger partial charge in [-0.15, -0.1) is 0 Å². The Balaban J connectivity index is 1.40. The van der Waals surface area contributed by atoms with E-state index in [-0.39, 0.29) is 36.4 Å². The summed E-state index contributed by atoms with van der Waals surface area (Å²) >= 11 is 3.40. The zero-order valence-electron chi connectivity index (χ0n) is 13.1. The minimum Gasteiger partial charge on any atom is -0.455 e. The zero-order valence-corrected chi connectivity index (χ0v) is 14.7. The molecule has 4 nitrogen and oxygen atoms in total. The first kappa shape index (κ1) is 16.5. The van der Waals surface area contributed by atoms with Gasteiger partial charge >= 0.3 is 5.97 Å². The van der Waals surface area contributed by atoms with Crippen LogP contribution in [0.25, 0.3) is 0 Å². The minimum absolute atomic E-state index is 0.0985. The third-order valence-corrected chi connectivity index (χ3v) is 5.24. The summed E-state index contributed by atoms with van der Waals surface area (Å²) in [5.41, 5.74) is 1.15. The van der Waals surface area contributed by atoms with Gasteiger partial charge in [-0.25, -0.2) is 0 Å². The lowest BCUT2D eigenvalue weighted by atomic mass is 9.95. The van der Waals surface area contributed by atoms with Crippen LogP contribution in [0.3, 0.4) is 0 Å². The molecule has 2 aliphatic rings. The van der Waals surface area contributed by atoms with Gasteiger partial charge in [0.15, 0.2) is 6.61 Å². The van der Waals surface area contributed by atoms with Crippen molar-refractivity contribution < 1.29 is 14.3 Å². The van der Waals surface area contributed by atoms with Crippen molar-refractivity contribution in [1.29, 1.82) is 0 Å². The van der Waals surface area contributed by atoms with Crippen LogP contribution in [0.15, 0.2) is 28.7 Å². The molecule has 2 saturated carbocycles. The maximum absolute atomic E-state index is 12.0. The van der Waals surface area contributed by atoms with E-state index in [9.17, 15) is 9.59 Å². The summed E-state index contributed by atoms with van der Waals surface area (Å²) in [7, 11) is 0. The fourth-order valence-corrected chi connectivity index (χ4v) is 3.56. The Morgan fingerprint density at radius 3 is 2.52 bits per heavy atom. The summed E-state index contributed by atoms with van der Waals surface area (Å²) < 4.78 is 6.21. The van der Waals surface area contributed by atoms with Crippen LogP contribution < -0.4 is 5.32 Å². The van der Waals surface area contributed by atoms with Gasteiger partial charge < -0.3 is 10.1 Å². The predicted molar refractivity (Wildman–Crippen MR) is 91.0 cm³/mol. The maximum Gasteiger partial charge on any atom is 0.310 e. The third-order valence-electron chi connectivity index (χ3n) is 4.71. The maximum atomic E-state index is 12.0. The van der Waals surface area contributed by atoms with Gasteiger partial charge in [0, 0.05) is 10.5 Å². The number of rotatable bonds is 5. The first-order valence-corrected chi connectivity index (χ1v) is 9.14. The number of carbonyl (C=O) groups is 2. The van der Waals surface area contributed by atoms with Crippen LogP contribution in [0, 0.1) is 5.92 Å². The first-order valence-electron chi connectivity index (χ1n) is 8.35. The number of carbonyl (C=O) groups excluding carboxylic acids is 2. The van der Waals surface area contributed by atoms with Crippen LogP contribution in [0.1, 0.15) is 50.0 Å². The Morgan fingerprint density at radius 1 is 1.13 bits per heavy atom. The molecule has 0 bridgehead atoms. The summed E-state index contributed by atoms with van der Waals surface area (Å²) in [5, 5.41) is 2.96. The number of benzene rings is 1. The molecular formula is C18H22BrNO3. The fraction of sp³-hybridized carbons (Fsp3) is 0.556. The van der Waals surface area contributed by atoms with Crippen molar-refractivity contribution in [2.45, 2.75) is 50.5 Å². The van der Waals surface area contributed by atoms with Crippen LogP contribution in [0.4, 0.5) is 0 Å². The quantitative estimate of drug-likeness (QED) is 0.795. The van der Waals surface area contributed by atoms with E-state index < -0.39 is 0 Å². The second kappa shape index (κ2) is 7.47. The molecule has 1 aromatic carbocycles. The van der Waals surface area contributed by atoms with Crippen LogP contribution in [0.5, 0.6) is 0 Å². The highest BCUT2D eigenvalue weighted by atomic mass is 79.9. The van der Waals surface area contributed by atoms with Gasteiger partial charge in [-0.3, -0.25) is 9.59 Å². The molecule has 2 atom stereocenters. The lowest BCUT2D eigenvalue weighted by Gasteiger charge is -2.22. The molecule has 0 spiro atoms. The van der Waals surface area contributed by atoms with Crippen molar-refractivity contribution in [3.8, 4) is 0 Å². The number of nitrogens with one attached hydrogen (secondary N) is 1. The molecule has 2 aliphatic carbocycles. The molecule has 2 fully saturated rings. The predicted octanol–water partition coefficient (Wildman–Crippen LogP) is 3.54. The first-order chi connectivity index (χ1) is 11.1. The topological polar surface area (TPSA) is 55.4 Å². The molecule has 0 heterocycles. The van der Waals surface area contributed by atoms with Gasteiger partial charge in [-0.1, -0.05) is 47.3 Å². The van der Waals surface area contributed by atoms with Gasteiger partial charge in [0.2, 0.25) is 0 Å². The van der Waals surface area contributed by atoms with Gasteiger partial charge in [-0.2, -0.15) is 0 Å². The average molecular weight is 380 g/mol. The number of amides is 1. The highest BCUT2D eigenvalue weighted by molar-refractivity contribution is 9.10. The molecule has 3 rings (SSSR count). The second-order valence-corrected chi connectivity index (χ2v) is 7.43. The summed E-state index contributed by atoms with van der Waals surface area (Å²) in [6, 6.07) is 8.27. The summed E-state index contributed by atoms with van der Waals surface area (Å²) in [4.78, 5) is 23.9.